The number of carboxylic acids is 1. The van der Waals surface area contributed by atoms with E-state index in [4.69, 9.17) is 5.11 Å². The average Bonchev–Trinajstić information content (AvgIpc) is 2.28. The third kappa shape index (κ3) is 3.55. The fraction of sp³-hybridized carbons (Fsp3) is 0.417. The molecule has 1 aromatic heterocycles. The molecule has 0 aliphatic rings. The number of pyridine rings is 1. The number of nitrogens with zero attached hydrogens (tertiary/aromatic N) is 2. The standard InChI is InChI=1S/C12H16N2O3/c1-8(12(16)17)7-14(3)11(15)10-5-4-9(2)13-6-10/h4-6,8H,7H2,1-3H3,(H,16,17). The molecule has 1 rings (SSSR count). The average molecular weight is 236 g/mol. The molecular weight excluding hydrogens is 220 g/mol. The molecule has 92 valence electrons. The zero-order chi connectivity index (χ0) is 13.0. The smallest absolute Gasteiger partial charge is 0.308 e. The highest BCUT2D eigenvalue weighted by molar-refractivity contribution is 5.93. The zero-order valence-corrected chi connectivity index (χ0v) is 10.2. The second-order valence-electron chi connectivity index (χ2n) is 4.11. The Morgan fingerprint density at radius 1 is 1.47 bits per heavy atom. The number of rotatable bonds is 4. The van der Waals surface area contributed by atoms with Crippen molar-refractivity contribution in [1.82, 2.24) is 9.88 Å². The number of amides is 1. The number of hydrogen-bond donors (Lipinski definition) is 1. The highest BCUT2D eigenvalue weighted by Crippen LogP contribution is 2.06. The molecule has 1 unspecified atom stereocenters. The van der Waals surface area contributed by atoms with Crippen LogP contribution in [0.25, 0.3) is 0 Å². The van der Waals surface area contributed by atoms with E-state index >= 15 is 0 Å². The Morgan fingerprint density at radius 2 is 2.12 bits per heavy atom. The maximum atomic E-state index is 11.9. The summed E-state index contributed by atoms with van der Waals surface area (Å²) in [6.07, 6.45) is 1.50. The van der Waals surface area contributed by atoms with Crippen molar-refractivity contribution in [3.8, 4) is 0 Å². The van der Waals surface area contributed by atoms with Crippen LogP contribution in [0.15, 0.2) is 18.3 Å². The van der Waals surface area contributed by atoms with Gasteiger partial charge in [-0.3, -0.25) is 14.6 Å². The van der Waals surface area contributed by atoms with Crippen LogP contribution in [0.1, 0.15) is 23.0 Å². The molecule has 5 heteroatoms. The van der Waals surface area contributed by atoms with E-state index in [0.717, 1.165) is 5.69 Å². The number of aliphatic carboxylic acids is 1. The third-order valence-electron chi connectivity index (χ3n) is 2.47. The maximum absolute atomic E-state index is 11.9. The summed E-state index contributed by atoms with van der Waals surface area (Å²) in [4.78, 5) is 28.0. The van der Waals surface area contributed by atoms with Crippen molar-refractivity contribution in [3.05, 3.63) is 29.6 Å². The Morgan fingerprint density at radius 3 is 2.59 bits per heavy atom. The second kappa shape index (κ2) is 5.43. The van der Waals surface area contributed by atoms with Gasteiger partial charge in [0.2, 0.25) is 0 Å². The van der Waals surface area contributed by atoms with Crippen molar-refractivity contribution in [2.45, 2.75) is 13.8 Å². The van der Waals surface area contributed by atoms with Gasteiger partial charge in [0.1, 0.15) is 0 Å². The van der Waals surface area contributed by atoms with Gasteiger partial charge in [-0.2, -0.15) is 0 Å². The number of aromatic nitrogens is 1. The van der Waals surface area contributed by atoms with Gasteiger partial charge in [0.15, 0.2) is 0 Å². The first-order valence-electron chi connectivity index (χ1n) is 5.32. The predicted molar refractivity (Wildman–Crippen MR) is 62.7 cm³/mol. The molecule has 1 N–H and O–H groups in total. The number of carboxylic acid groups (broad SMARTS) is 1. The van der Waals surface area contributed by atoms with Crippen molar-refractivity contribution in [2.24, 2.45) is 5.92 Å². The van der Waals surface area contributed by atoms with E-state index in [9.17, 15) is 9.59 Å². The molecule has 0 aliphatic carbocycles. The lowest BCUT2D eigenvalue weighted by Crippen LogP contribution is -2.33. The summed E-state index contributed by atoms with van der Waals surface area (Å²) in [7, 11) is 1.58. The summed E-state index contributed by atoms with van der Waals surface area (Å²) in [5.41, 5.74) is 1.30. The number of hydrogen-bond acceptors (Lipinski definition) is 3. The molecular formula is C12H16N2O3. The first-order valence-corrected chi connectivity index (χ1v) is 5.32. The van der Waals surface area contributed by atoms with E-state index in [1.54, 1.807) is 26.1 Å². The molecule has 0 saturated carbocycles. The normalized spacial score (nSPS) is 11.9. The van der Waals surface area contributed by atoms with Crippen LogP contribution < -0.4 is 0 Å². The van der Waals surface area contributed by atoms with Gasteiger partial charge in [0.25, 0.3) is 5.91 Å². The lowest BCUT2D eigenvalue weighted by atomic mass is 10.1. The van der Waals surface area contributed by atoms with Gasteiger partial charge in [-0.05, 0) is 19.1 Å². The van der Waals surface area contributed by atoms with Crippen molar-refractivity contribution in [1.29, 1.82) is 0 Å². The predicted octanol–water partition coefficient (Wildman–Crippen LogP) is 1.18. The van der Waals surface area contributed by atoms with E-state index in [0.29, 0.717) is 5.56 Å². The quantitative estimate of drug-likeness (QED) is 0.852. The van der Waals surface area contributed by atoms with Gasteiger partial charge in [0.05, 0.1) is 11.5 Å². The summed E-state index contributed by atoms with van der Waals surface area (Å²) >= 11 is 0. The van der Waals surface area contributed by atoms with Crippen LogP contribution in [-0.4, -0.2) is 40.5 Å². The van der Waals surface area contributed by atoms with Gasteiger partial charge in [-0.1, -0.05) is 6.92 Å². The summed E-state index contributed by atoms with van der Waals surface area (Å²) in [5, 5.41) is 8.77. The lowest BCUT2D eigenvalue weighted by Gasteiger charge is -2.19. The highest BCUT2D eigenvalue weighted by atomic mass is 16.4. The zero-order valence-electron chi connectivity index (χ0n) is 10.2. The molecule has 0 spiro atoms. The third-order valence-corrected chi connectivity index (χ3v) is 2.47. The summed E-state index contributed by atoms with van der Waals surface area (Å²) in [5.74, 6) is -1.71. The molecule has 5 nitrogen and oxygen atoms in total. The first kappa shape index (κ1) is 13.2. The van der Waals surface area contributed by atoms with Crippen molar-refractivity contribution >= 4 is 11.9 Å². The maximum Gasteiger partial charge on any atom is 0.308 e. The molecule has 1 heterocycles. The van der Waals surface area contributed by atoms with Crippen molar-refractivity contribution < 1.29 is 14.7 Å². The molecule has 0 bridgehead atoms. The molecule has 1 atom stereocenters. The topological polar surface area (TPSA) is 70.5 Å². The van der Waals surface area contributed by atoms with E-state index in [2.05, 4.69) is 4.98 Å². The molecule has 17 heavy (non-hydrogen) atoms. The van der Waals surface area contributed by atoms with Crippen LogP contribution in [0, 0.1) is 12.8 Å². The molecule has 0 saturated heterocycles. The molecule has 1 amide bonds. The molecule has 0 aliphatic heterocycles. The van der Waals surface area contributed by atoms with Gasteiger partial charge in [-0.15, -0.1) is 0 Å². The Hall–Kier alpha value is -1.91. The summed E-state index contributed by atoms with van der Waals surface area (Å²) in [6, 6.07) is 3.44. The van der Waals surface area contributed by atoms with Crippen LogP contribution in [0.3, 0.4) is 0 Å². The Bertz CT molecular complexity index is 414. The van der Waals surface area contributed by atoms with Crippen LogP contribution in [0.4, 0.5) is 0 Å². The monoisotopic (exact) mass is 236 g/mol. The molecule has 0 radical (unpaired) electrons. The minimum atomic E-state index is -0.910. The van der Waals surface area contributed by atoms with E-state index < -0.39 is 11.9 Å². The van der Waals surface area contributed by atoms with Crippen LogP contribution in [-0.2, 0) is 4.79 Å². The van der Waals surface area contributed by atoms with Gasteiger partial charge in [0, 0.05) is 25.5 Å². The van der Waals surface area contributed by atoms with Gasteiger partial charge >= 0.3 is 5.97 Å². The van der Waals surface area contributed by atoms with Crippen LogP contribution in [0.5, 0.6) is 0 Å². The Labute approximate surface area is 100 Å². The number of carbonyl (C=O) groups excluding carboxylic acids is 1. The Kier molecular flexibility index (Phi) is 4.20. The van der Waals surface area contributed by atoms with Crippen LogP contribution >= 0.6 is 0 Å². The largest absolute Gasteiger partial charge is 0.481 e. The fourth-order valence-electron chi connectivity index (χ4n) is 1.39. The van der Waals surface area contributed by atoms with E-state index in [-0.39, 0.29) is 12.5 Å². The molecule has 1 aromatic rings. The van der Waals surface area contributed by atoms with E-state index in [1.807, 2.05) is 6.92 Å². The van der Waals surface area contributed by atoms with Gasteiger partial charge < -0.3 is 10.0 Å². The minimum Gasteiger partial charge on any atom is -0.481 e. The lowest BCUT2D eigenvalue weighted by molar-refractivity contribution is -0.141. The fourth-order valence-corrected chi connectivity index (χ4v) is 1.39. The van der Waals surface area contributed by atoms with Crippen LogP contribution in [0.2, 0.25) is 0 Å². The highest BCUT2D eigenvalue weighted by Gasteiger charge is 2.18. The SMILES string of the molecule is Cc1ccc(C(=O)N(C)CC(C)C(=O)O)cn1. The van der Waals surface area contributed by atoms with Crippen molar-refractivity contribution in [3.63, 3.8) is 0 Å². The van der Waals surface area contributed by atoms with Gasteiger partial charge in [-0.25, -0.2) is 0 Å². The van der Waals surface area contributed by atoms with Crippen molar-refractivity contribution in [2.75, 3.05) is 13.6 Å². The minimum absolute atomic E-state index is 0.183. The Balaban J connectivity index is 2.70. The number of carbonyl (C=O) groups is 2. The first-order chi connectivity index (χ1) is 7.91. The second-order valence-corrected chi connectivity index (χ2v) is 4.11. The van der Waals surface area contributed by atoms with E-state index in [1.165, 1.54) is 11.1 Å². The molecule has 0 aromatic carbocycles. The summed E-state index contributed by atoms with van der Waals surface area (Å²) in [6.45, 7) is 3.59. The summed E-state index contributed by atoms with van der Waals surface area (Å²) < 4.78 is 0. The molecule has 0 fully saturated rings. The number of aryl methyl sites for hydroxylation is 1.